The standard InChI is InChI=1S/C24H29N2.BrH/c1-26(2)22-13-14-23(26)16-19(15-22)17-24(18-25,20-9-5-3-6-10-20)21-11-7-4-8-12-21;/h3-12,19,22-23H,13-17H2,1-2H3;1H/q+1;/p-1/t19-,22-,23+;. The summed E-state index contributed by atoms with van der Waals surface area (Å²) in [5, 5.41) is 10.4. The lowest BCUT2D eigenvalue weighted by molar-refractivity contribution is -0.931. The Labute approximate surface area is 174 Å². The lowest BCUT2D eigenvalue weighted by Crippen LogP contribution is -3.00. The zero-order valence-electron chi connectivity index (χ0n) is 16.3. The van der Waals surface area contributed by atoms with Gasteiger partial charge in [0.25, 0.3) is 0 Å². The first-order valence-electron chi connectivity index (χ1n) is 9.92. The van der Waals surface area contributed by atoms with E-state index in [9.17, 15) is 5.26 Å². The van der Waals surface area contributed by atoms with Gasteiger partial charge in [-0.25, -0.2) is 0 Å². The molecular formula is C24H29BrN2. The van der Waals surface area contributed by atoms with Crippen LogP contribution in [0, 0.1) is 17.2 Å². The molecule has 27 heavy (non-hydrogen) atoms. The maximum absolute atomic E-state index is 10.4. The highest BCUT2D eigenvalue weighted by molar-refractivity contribution is 5.45. The Morgan fingerprint density at radius 3 is 1.74 bits per heavy atom. The molecule has 0 aliphatic carbocycles. The molecule has 0 saturated carbocycles. The number of halogens is 1. The van der Waals surface area contributed by atoms with Crippen molar-refractivity contribution in [2.24, 2.45) is 5.92 Å². The lowest BCUT2D eigenvalue weighted by atomic mass is 9.67. The molecular weight excluding hydrogens is 396 g/mol. The SMILES string of the molecule is C[N+]1(C)[C@@H]2CC[C@H]1C[C@H](CC(C#N)(c1ccccc1)c1ccccc1)C2.[Br-]. The number of piperidine rings is 1. The van der Waals surface area contributed by atoms with Gasteiger partial charge in [0.2, 0.25) is 0 Å². The van der Waals surface area contributed by atoms with Gasteiger partial charge in [-0.05, 0) is 23.5 Å². The molecule has 2 fully saturated rings. The van der Waals surface area contributed by atoms with Gasteiger partial charge in [-0.3, -0.25) is 0 Å². The van der Waals surface area contributed by atoms with E-state index in [0.717, 1.165) is 29.6 Å². The second-order valence-electron chi connectivity index (χ2n) is 8.80. The van der Waals surface area contributed by atoms with Crippen molar-refractivity contribution in [1.29, 1.82) is 5.26 Å². The van der Waals surface area contributed by atoms with Crippen LogP contribution in [0.4, 0.5) is 0 Å². The fraction of sp³-hybridized carbons (Fsp3) is 0.458. The van der Waals surface area contributed by atoms with Crippen molar-refractivity contribution in [3.05, 3.63) is 71.8 Å². The van der Waals surface area contributed by atoms with Crippen molar-refractivity contribution in [2.75, 3.05) is 14.1 Å². The Morgan fingerprint density at radius 2 is 1.33 bits per heavy atom. The van der Waals surface area contributed by atoms with E-state index in [2.05, 4.69) is 68.7 Å². The van der Waals surface area contributed by atoms with Gasteiger partial charge < -0.3 is 21.5 Å². The van der Waals surface area contributed by atoms with Gasteiger partial charge in [0.05, 0.1) is 32.2 Å². The Balaban J connectivity index is 0.00000210. The van der Waals surface area contributed by atoms with Gasteiger partial charge in [0.15, 0.2) is 0 Å². The normalized spacial score (nSPS) is 26.0. The largest absolute Gasteiger partial charge is 1.00 e. The third kappa shape index (κ3) is 3.46. The van der Waals surface area contributed by atoms with Crippen LogP contribution in [0.1, 0.15) is 43.2 Å². The number of hydrogen-bond donors (Lipinski definition) is 0. The lowest BCUT2D eigenvalue weighted by Gasteiger charge is -2.45. The van der Waals surface area contributed by atoms with Crippen LogP contribution >= 0.6 is 0 Å². The maximum Gasteiger partial charge on any atom is 0.107 e. The first-order chi connectivity index (χ1) is 12.6. The fourth-order valence-electron chi connectivity index (χ4n) is 5.62. The van der Waals surface area contributed by atoms with E-state index in [1.807, 2.05) is 12.1 Å². The van der Waals surface area contributed by atoms with E-state index < -0.39 is 5.41 Å². The topological polar surface area (TPSA) is 23.8 Å². The second kappa shape index (κ2) is 7.78. The molecule has 3 heteroatoms. The van der Waals surface area contributed by atoms with Crippen LogP contribution in [0.3, 0.4) is 0 Å². The summed E-state index contributed by atoms with van der Waals surface area (Å²) in [4.78, 5) is 0. The summed E-state index contributed by atoms with van der Waals surface area (Å²) in [5.74, 6) is 0.624. The molecule has 4 rings (SSSR count). The molecule has 2 nitrogen and oxygen atoms in total. The maximum atomic E-state index is 10.4. The number of nitriles is 1. The van der Waals surface area contributed by atoms with Gasteiger partial charge in [-0.2, -0.15) is 5.26 Å². The van der Waals surface area contributed by atoms with Crippen molar-refractivity contribution in [1.82, 2.24) is 0 Å². The molecule has 0 N–H and O–H groups in total. The number of nitrogens with zero attached hydrogens (tertiary/aromatic N) is 2. The molecule has 2 heterocycles. The van der Waals surface area contributed by atoms with Gasteiger partial charge >= 0.3 is 0 Å². The minimum atomic E-state index is -0.541. The third-order valence-electron chi connectivity index (χ3n) is 7.25. The number of quaternary nitrogens is 1. The predicted molar refractivity (Wildman–Crippen MR) is 106 cm³/mol. The van der Waals surface area contributed by atoms with Crippen molar-refractivity contribution in [3.63, 3.8) is 0 Å². The molecule has 0 aromatic heterocycles. The number of rotatable bonds is 4. The Bertz CT molecular complexity index is 739. The van der Waals surface area contributed by atoms with Crippen LogP contribution in [-0.2, 0) is 5.41 Å². The predicted octanol–water partition coefficient (Wildman–Crippen LogP) is 1.91. The smallest absolute Gasteiger partial charge is 0.107 e. The summed E-state index contributed by atoms with van der Waals surface area (Å²) in [6, 6.07) is 25.2. The van der Waals surface area contributed by atoms with E-state index in [1.54, 1.807) is 0 Å². The first kappa shape index (κ1) is 20.1. The molecule has 2 saturated heterocycles. The summed E-state index contributed by atoms with van der Waals surface area (Å²) in [5.41, 5.74) is 1.74. The molecule has 0 unspecified atom stereocenters. The van der Waals surface area contributed by atoms with Crippen LogP contribution in [0.5, 0.6) is 0 Å². The zero-order chi connectivity index (χ0) is 18.2. The molecule has 2 bridgehead atoms. The number of hydrogen-bond acceptors (Lipinski definition) is 1. The average molecular weight is 425 g/mol. The van der Waals surface area contributed by atoms with Crippen LogP contribution in [-0.4, -0.2) is 30.7 Å². The Hall–Kier alpha value is -1.63. The summed E-state index contributed by atoms with van der Waals surface area (Å²) in [6.07, 6.45) is 6.15. The monoisotopic (exact) mass is 424 g/mol. The molecule has 2 aliphatic heterocycles. The third-order valence-corrected chi connectivity index (χ3v) is 7.25. The van der Waals surface area contributed by atoms with Gasteiger partial charge in [-0.15, -0.1) is 0 Å². The van der Waals surface area contributed by atoms with Gasteiger partial charge in [-0.1, -0.05) is 60.7 Å². The quantitative estimate of drug-likeness (QED) is 0.687. The minimum absolute atomic E-state index is 0. The first-order valence-corrected chi connectivity index (χ1v) is 9.92. The number of benzene rings is 2. The molecule has 2 aliphatic rings. The molecule has 142 valence electrons. The van der Waals surface area contributed by atoms with Crippen LogP contribution in [0.25, 0.3) is 0 Å². The molecule has 3 atom stereocenters. The van der Waals surface area contributed by atoms with E-state index in [1.165, 1.54) is 30.2 Å². The van der Waals surface area contributed by atoms with Gasteiger partial charge in [0, 0.05) is 25.7 Å². The summed E-state index contributed by atoms with van der Waals surface area (Å²) in [6.45, 7) is 0. The molecule has 0 radical (unpaired) electrons. The molecule has 2 aromatic carbocycles. The van der Waals surface area contributed by atoms with E-state index in [0.29, 0.717) is 5.92 Å². The molecule has 2 aromatic rings. The Kier molecular flexibility index (Phi) is 5.79. The van der Waals surface area contributed by atoms with Crippen molar-refractivity contribution in [2.45, 2.75) is 49.6 Å². The second-order valence-corrected chi connectivity index (χ2v) is 8.80. The Morgan fingerprint density at radius 1 is 0.889 bits per heavy atom. The zero-order valence-corrected chi connectivity index (χ0v) is 17.9. The van der Waals surface area contributed by atoms with E-state index in [4.69, 9.17) is 0 Å². The number of fused-ring (bicyclic) bond motifs is 2. The summed E-state index contributed by atoms with van der Waals surface area (Å²) < 4.78 is 1.19. The van der Waals surface area contributed by atoms with Gasteiger partial charge in [0.1, 0.15) is 5.41 Å². The van der Waals surface area contributed by atoms with Crippen LogP contribution in [0.15, 0.2) is 60.7 Å². The fourth-order valence-corrected chi connectivity index (χ4v) is 5.62. The summed E-state index contributed by atoms with van der Waals surface area (Å²) >= 11 is 0. The van der Waals surface area contributed by atoms with Crippen molar-refractivity contribution in [3.8, 4) is 6.07 Å². The minimum Gasteiger partial charge on any atom is -1.00 e. The van der Waals surface area contributed by atoms with E-state index >= 15 is 0 Å². The highest BCUT2D eigenvalue weighted by Gasteiger charge is 2.50. The van der Waals surface area contributed by atoms with E-state index in [-0.39, 0.29) is 17.0 Å². The van der Waals surface area contributed by atoms with Crippen LogP contribution in [0.2, 0.25) is 0 Å². The highest BCUT2D eigenvalue weighted by Crippen LogP contribution is 2.47. The summed E-state index contributed by atoms with van der Waals surface area (Å²) in [7, 11) is 4.81. The van der Waals surface area contributed by atoms with Crippen LogP contribution < -0.4 is 17.0 Å². The van der Waals surface area contributed by atoms with Crippen molar-refractivity contribution >= 4 is 0 Å². The highest BCUT2D eigenvalue weighted by atomic mass is 79.9. The van der Waals surface area contributed by atoms with Crippen molar-refractivity contribution < 1.29 is 21.5 Å². The average Bonchev–Trinajstić information content (AvgIpc) is 2.85. The molecule has 0 spiro atoms. The molecule has 0 amide bonds.